The van der Waals surface area contributed by atoms with Gasteiger partial charge >= 0.3 is 6.09 Å². The summed E-state index contributed by atoms with van der Waals surface area (Å²) in [6.07, 6.45) is 7.98. The summed E-state index contributed by atoms with van der Waals surface area (Å²) in [6.45, 7) is 13.1. The van der Waals surface area contributed by atoms with Crippen LogP contribution in [0.2, 0.25) is 0 Å². The van der Waals surface area contributed by atoms with Gasteiger partial charge in [-0.05, 0) is 59.2 Å². The number of rotatable bonds is 6. The number of carbonyl (C=O) groups excluding carboxylic acids is 1. The fourth-order valence-corrected chi connectivity index (χ4v) is 5.95. The normalized spacial score (nSPS) is 18.6. The Bertz CT molecular complexity index is 1640. The highest BCUT2D eigenvalue weighted by molar-refractivity contribution is 5.83. The number of nitrogens with one attached hydrogen (secondary N) is 1. The molecular weight excluding hydrogens is 530 g/mol. The van der Waals surface area contributed by atoms with Crippen molar-refractivity contribution in [3.05, 3.63) is 66.0 Å². The Morgan fingerprint density at radius 3 is 2.69 bits per heavy atom. The highest BCUT2D eigenvalue weighted by Gasteiger charge is 2.39. The minimum Gasteiger partial charge on any atom is -0.444 e. The van der Waals surface area contributed by atoms with Crippen LogP contribution in [0.4, 0.5) is 10.5 Å². The fourth-order valence-electron chi connectivity index (χ4n) is 5.95. The summed E-state index contributed by atoms with van der Waals surface area (Å²) in [7, 11) is 0. The van der Waals surface area contributed by atoms with Crippen molar-refractivity contribution in [2.75, 3.05) is 31.5 Å². The van der Waals surface area contributed by atoms with Crippen molar-refractivity contribution in [1.82, 2.24) is 34.2 Å². The number of ether oxygens (including phenoxy) is 1. The third-order valence-electron chi connectivity index (χ3n) is 8.16. The topological polar surface area (TPSA) is 117 Å². The number of aromatic nitrogens is 5. The van der Waals surface area contributed by atoms with Crippen LogP contribution in [0.15, 0.2) is 49.1 Å². The molecule has 1 amide bonds. The first kappa shape index (κ1) is 27.7. The highest BCUT2D eigenvalue weighted by Crippen LogP contribution is 2.35. The number of fused-ring (bicyclic) bond motifs is 1. The Morgan fingerprint density at radius 2 is 1.98 bits per heavy atom. The van der Waals surface area contributed by atoms with Gasteiger partial charge in [-0.15, -0.1) is 0 Å². The van der Waals surface area contributed by atoms with Gasteiger partial charge in [-0.3, -0.25) is 14.6 Å². The van der Waals surface area contributed by atoms with Crippen LogP contribution in [-0.2, 0) is 4.74 Å². The van der Waals surface area contributed by atoms with E-state index in [1.165, 1.54) is 0 Å². The third-order valence-corrected chi connectivity index (χ3v) is 8.16. The minimum absolute atomic E-state index is 0.0710. The van der Waals surface area contributed by atoms with Crippen LogP contribution in [0.1, 0.15) is 63.2 Å². The molecule has 2 saturated heterocycles. The second kappa shape index (κ2) is 10.8. The van der Waals surface area contributed by atoms with Crippen molar-refractivity contribution < 1.29 is 9.53 Å². The summed E-state index contributed by atoms with van der Waals surface area (Å²) in [5, 5.41) is 22.6. The molecule has 2 atom stereocenters. The van der Waals surface area contributed by atoms with Gasteiger partial charge < -0.3 is 15.0 Å². The lowest BCUT2D eigenvalue weighted by Gasteiger charge is -2.43. The lowest BCUT2D eigenvalue weighted by molar-refractivity contribution is 0.0232. The number of carbonyl (C=O) groups is 1. The molecule has 6 heterocycles. The number of pyridine rings is 2. The maximum absolute atomic E-state index is 12.5. The maximum Gasteiger partial charge on any atom is 0.410 e. The Hall–Kier alpha value is -4.43. The van der Waals surface area contributed by atoms with E-state index in [1.54, 1.807) is 16.9 Å². The number of hydrogen-bond donors (Lipinski definition) is 1. The summed E-state index contributed by atoms with van der Waals surface area (Å²) in [5.74, 6) is 0. The highest BCUT2D eigenvalue weighted by atomic mass is 16.6. The minimum atomic E-state index is -0.486. The zero-order chi connectivity index (χ0) is 29.6. The number of likely N-dealkylation sites (tertiary alicyclic amines) is 2. The van der Waals surface area contributed by atoms with Gasteiger partial charge in [-0.1, -0.05) is 6.07 Å². The predicted molar refractivity (Wildman–Crippen MR) is 159 cm³/mol. The van der Waals surface area contributed by atoms with Gasteiger partial charge in [0.25, 0.3) is 0 Å². The van der Waals surface area contributed by atoms with Gasteiger partial charge in [-0.2, -0.15) is 15.5 Å². The fraction of sp³-hybridized carbons (Fsp3) is 0.452. The van der Waals surface area contributed by atoms with Crippen molar-refractivity contribution in [2.45, 2.75) is 64.8 Å². The van der Waals surface area contributed by atoms with E-state index >= 15 is 0 Å². The third kappa shape index (κ3) is 5.30. The molecule has 2 fully saturated rings. The van der Waals surface area contributed by atoms with Gasteiger partial charge in [0.2, 0.25) is 0 Å². The van der Waals surface area contributed by atoms with Gasteiger partial charge in [0.1, 0.15) is 17.2 Å². The van der Waals surface area contributed by atoms with Gasteiger partial charge in [0.15, 0.2) is 0 Å². The first-order chi connectivity index (χ1) is 20.1. The van der Waals surface area contributed by atoms with E-state index in [1.807, 2.05) is 56.3 Å². The standard InChI is InChI=1S/C31H37N9O2/c1-20(27-8-6-7-10-33-27)36-28-12-22(16-39-29(28)23(13-32)14-34-39)26-15-35-40(21(26)2)25-18-38(19-25)24-9-11-37(17-24)30(41)42-31(3,4)5/h6-8,10,12,14-16,20,24-25,36H,9,11,17-19H2,1-5H3/t20-,24-/m1/s1. The second-order valence-electron chi connectivity index (χ2n) is 12.3. The molecule has 4 aromatic heterocycles. The smallest absolute Gasteiger partial charge is 0.410 e. The molecule has 0 unspecified atom stereocenters. The van der Waals surface area contributed by atoms with Crippen LogP contribution >= 0.6 is 0 Å². The lowest BCUT2D eigenvalue weighted by atomic mass is 10.0. The van der Waals surface area contributed by atoms with Crippen molar-refractivity contribution in [3.8, 4) is 17.2 Å². The van der Waals surface area contributed by atoms with E-state index in [0.29, 0.717) is 18.2 Å². The molecule has 0 aromatic carbocycles. The van der Waals surface area contributed by atoms with Gasteiger partial charge in [-0.25, -0.2) is 9.31 Å². The summed E-state index contributed by atoms with van der Waals surface area (Å²) < 4.78 is 9.44. The first-order valence-corrected chi connectivity index (χ1v) is 14.5. The average molecular weight is 568 g/mol. The van der Waals surface area contributed by atoms with Crippen LogP contribution < -0.4 is 5.32 Å². The Kier molecular flexibility index (Phi) is 7.10. The zero-order valence-corrected chi connectivity index (χ0v) is 24.8. The predicted octanol–water partition coefficient (Wildman–Crippen LogP) is 4.81. The molecule has 0 bridgehead atoms. The molecule has 0 aliphatic carbocycles. The second-order valence-corrected chi connectivity index (χ2v) is 12.3. The van der Waals surface area contributed by atoms with E-state index in [-0.39, 0.29) is 18.2 Å². The summed E-state index contributed by atoms with van der Waals surface area (Å²) >= 11 is 0. The largest absolute Gasteiger partial charge is 0.444 e. The van der Waals surface area contributed by atoms with E-state index < -0.39 is 5.60 Å². The quantitative estimate of drug-likeness (QED) is 0.353. The van der Waals surface area contributed by atoms with Crippen molar-refractivity contribution in [2.24, 2.45) is 0 Å². The molecule has 6 rings (SSSR count). The van der Waals surface area contributed by atoms with Crippen molar-refractivity contribution in [3.63, 3.8) is 0 Å². The van der Waals surface area contributed by atoms with Crippen molar-refractivity contribution in [1.29, 1.82) is 5.26 Å². The van der Waals surface area contributed by atoms with Crippen LogP contribution in [0, 0.1) is 18.3 Å². The molecule has 2 aliphatic heterocycles. The Balaban J connectivity index is 1.18. The summed E-state index contributed by atoms with van der Waals surface area (Å²) in [4.78, 5) is 21.3. The molecule has 2 aliphatic rings. The summed E-state index contributed by atoms with van der Waals surface area (Å²) in [5.41, 5.74) is 5.56. The number of nitrogens with zero attached hydrogens (tertiary/aromatic N) is 8. The Labute approximate surface area is 245 Å². The lowest BCUT2D eigenvalue weighted by Crippen LogP contribution is -2.54. The molecule has 0 spiro atoms. The molecule has 11 heteroatoms. The molecule has 11 nitrogen and oxygen atoms in total. The van der Waals surface area contributed by atoms with Crippen LogP contribution in [0.3, 0.4) is 0 Å². The number of amides is 1. The molecular formula is C31H37N9O2. The number of anilines is 1. The zero-order valence-electron chi connectivity index (χ0n) is 24.8. The van der Waals surface area contributed by atoms with Gasteiger partial charge in [0.05, 0.1) is 41.4 Å². The molecule has 0 saturated carbocycles. The molecule has 42 heavy (non-hydrogen) atoms. The first-order valence-electron chi connectivity index (χ1n) is 14.5. The van der Waals surface area contributed by atoms with Crippen molar-refractivity contribution >= 4 is 17.3 Å². The number of hydrogen-bond acceptors (Lipinski definition) is 8. The summed E-state index contributed by atoms with van der Waals surface area (Å²) in [6, 6.07) is 10.7. The number of nitriles is 1. The monoisotopic (exact) mass is 567 g/mol. The van der Waals surface area contributed by atoms with E-state index in [4.69, 9.17) is 9.84 Å². The molecule has 1 N–H and O–H groups in total. The van der Waals surface area contributed by atoms with Crippen LogP contribution in [0.25, 0.3) is 16.6 Å². The SMILES string of the molecule is Cc1c(-c2cc(N[C@H](C)c3ccccn3)c3c(C#N)cnn3c2)cnn1C1CN([C@@H]2CCN(C(=O)OC(C)(C)C)C2)C1. The molecule has 218 valence electrons. The van der Waals surface area contributed by atoms with E-state index in [9.17, 15) is 10.1 Å². The van der Waals surface area contributed by atoms with E-state index in [2.05, 4.69) is 51.0 Å². The Morgan fingerprint density at radius 1 is 1.17 bits per heavy atom. The average Bonchev–Trinajstić information content (AvgIpc) is 3.67. The van der Waals surface area contributed by atoms with Crippen LogP contribution in [-0.4, -0.2) is 78.1 Å². The maximum atomic E-state index is 12.5. The van der Waals surface area contributed by atoms with Gasteiger partial charge in [0, 0.05) is 61.4 Å². The molecule has 4 aromatic rings. The van der Waals surface area contributed by atoms with E-state index in [0.717, 1.165) is 59.8 Å². The molecule has 0 radical (unpaired) electrons. The van der Waals surface area contributed by atoms with Crippen LogP contribution in [0.5, 0.6) is 0 Å².